The molecular weight excluding hydrogens is 395 g/mol. The van der Waals surface area contributed by atoms with Crippen LogP contribution in [-0.4, -0.2) is 43.9 Å². The molecule has 2 bridgehead atoms. The monoisotopic (exact) mass is 414 g/mol. The van der Waals surface area contributed by atoms with Crippen molar-refractivity contribution in [2.75, 3.05) is 5.32 Å². The van der Waals surface area contributed by atoms with E-state index in [0.717, 1.165) is 19.3 Å². The molecule has 2 aliphatic heterocycles. The van der Waals surface area contributed by atoms with Gasteiger partial charge in [0.1, 0.15) is 17.7 Å². The van der Waals surface area contributed by atoms with Crippen LogP contribution in [0.4, 0.5) is 10.2 Å². The van der Waals surface area contributed by atoms with Crippen LogP contribution in [0.2, 0.25) is 0 Å². The van der Waals surface area contributed by atoms with Crippen LogP contribution < -0.4 is 5.32 Å². The summed E-state index contributed by atoms with van der Waals surface area (Å²) in [7, 11) is 0. The normalized spacial score (nSPS) is 21.7. The van der Waals surface area contributed by atoms with Crippen molar-refractivity contribution in [1.29, 1.82) is 5.26 Å². The molecule has 0 radical (unpaired) electrons. The SMILES string of the molecule is N#Cc1ccc(NC2CC3CCC2N3C(=O)c2cccc(F)c2-c2ncccn2)nc1. The summed E-state index contributed by atoms with van der Waals surface area (Å²) in [4.78, 5) is 28.0. The molecule has 3 unspecified atom stereocenters. The van der Waals surface area contributed by atoms with E-state index in [2.05, 4.69) is 26.3 Å². The molecular formula is C23H19FN6O. The molecule has 0 aliphatic carbocycles. The van der Waals surface area contributed by atoms with Gasteiger partial charge in [0.25, 0.3) is 5.91 Å². The van der Waals surface area contributed by atoms with Crippen LogP contribution in [0.1, 0.15) is 35.2 Å². The molecule has 1 amide bonds. The van der Waals surface area contributed by atoms with Gasteiger partial charge in [0.05, 0.1) is 22.7 Å². The number of halogens is 1. The van der Waals surface area contributed by atoms with Gasteiger partial charge in [-0.05, 0) is 49.6 Å². The van der Waals surface area contributed by atoms with E-state index in [4.69, 9.17) is 5.26 Å². The van der Waals surface area contributed by atoms with Crippen LogP contribution in [0, 0.1) is 17.1 Å². The quantitative estimate of drug-likeness (QED) is 0.703. The number of nitriles is 1. The minimum Gasteiger partial charge on any atom is -0.365 e. The summed E-state index contributed by atoms with van der Waals surface area (Å²) < 4.78 is 14.7. The van der Waals surface area contributed by atoms with Crippen LogP contribution in [0.15, 0.2) is 55.0 Å². The Bertz CT molecular complexity index is 1160. The third-order valence-corrected chi connectivity index (χ3v) is 6.03. The lowest BCUT2D eigenvalue weighted by atomic mass is 9.95. The second-order valence-electron chi connectivity index (χ2n) is 7.78. The standard InChI is InChI=1S/C23H19FN6O/c24-17-4-1-3-16(21(17)22-26-9-2-10-27-22)23(31)30-15-6-7-19(30)18(11-15)29-20-8-5-14(12-25)13-28-20/h1-5,8-10,13,15,18-19H,6-7,11H2,(H,28,29). The van der Waals surface area contributed by atoms with Gasteiger partial charge in [-0.3, -0.25) is 4.79 Å². The van der Waals surface area contributed by atoms with Gasteiger partial charge in [0.15, 0.2) is 5.82 Å². The minimum absolute atomic E-state index is 0.0113. The maximum Gasteiger partial charge on any atom is 0.255 e. The van der Waals surface area contributed by atoms with Gasteiger partial charge < -0.3 is 10.2 Å². The minimum atomic E-state index is -0.514. The van der Waals surface area contributed by atoms with E-state index in [9.17, 15) is 9.18 Å². The molecule has 7 nitrogen and oxygen atoms in total. The highest BCUT2D eigenvalue weighted by molar-refractivity contribution is 6.01. The lowest BCUT2D eigenvalue weighted by Gasteiger charge is -2.26. The summed E-state index contributed by atoms with van der Waals surface area (Å²) in [6.45, 7) is 0. The predicted octanol–water partition coefficient (Wildman–Crippen LogP) is 3.41. The Morgan fingerprint density at radius 3 is 2.71 bits per heavy atom. The largest absolute Gasteiger partial charge is 0.365 e. The number of carbonyl (C=O) groups excluding carboxylic acids is 1. The first-order valence-corrected chi connectivity index (χ1v) is 10.2. The Kier molecular flexibility index (Phi) is 4.79. The van der Waals surface area contributed by atoms with E-state index in [1.807, 2.05) is 4.90 Å². The van der Waals surface area contributed by atoms with Crippen molar-refractivity contribution in [3.63, 3.8) is 0 Å². The number of carbonyl (C=O) groups is 1. The first-order chi connectivity index (χ1) is 15.2. The van der Waals surface area contributed by atoms with Crippen LogP contribution in [0.3, 0.4) is 0 Å². The molecule has 4 heterocycles. The topological polar surface area (TPSA) is 94.8 Å². The van der Waals surface area contributed by atoms with Crippen molar-refractivity contribution in [2.24, 2.45) is 0 Å². The number of aromatic nitrogens is 3. The maximum atomic E-state index is 14.7. The van der Waals surface area contributed by atoms with Crippen molar-refractivity contribution >= 4 is 11.7 Å². The first kappa shape index (κ1) is 19.1. The summed E-state index contributed by atoms with van der Waals surface area (Å²) in [5.41, 5.74) is 0.912. The smallest absolute Gasteiger partial charge is 0.255 e. The molecule has 3 aromatic rings. The maximum absolute atomic E-state index is 14.7. The number of rotatable bonds is 4. The second-order valence-corrected chi connectivity index (χ2v) is 7.78. The third-order valence-electron chi connectivity index (χ3n) is 6.03. The summed E-state index contributed by atoms with van der Waals surface area (Å²) >= 11 is 0. The molecule has 5 rings (SSSR count). The van der Waals surface area contributed by atoms with Crippen LogP contribution in [-0.2, 0) is 0 Å². The van der Waals surface area contributed by atoms with E-state index in [0.29, 0.717) is 11.4 Å². The molecule has 8 heteroatoms. The first-order valence-electron chi connectivity index (χ1n) is 10.2. The van der Waals surface area contributed by atoms with Crippen molar-refractivity contribution < 1.29 is 9.18 Å². The van der Waals surface area contributed by atoms with E-state index in [1.54, 1.807) is 30.3 Å². The highest BCUT2D eigenvalue weighted by Gasteiger charge is 2.49. The highest BCUT2D eigenvalue weighted by atomic mass is 19.1. The zero-order valence-corrected chi connectivity index (χ0v) is 16.6. The van der Waals surface area contributed by atoms with Gasteiger partial charge in [-0.1, -0.05) is 6.07 Å². The van der Waals surface area contributed by atoms with Crippen molar-refractivity contribution in [3.05, 3.63) is 71.9 Å². The number of pyridine rings is 1. The number of nitrogens with zero attached hydrogens (tertiary/aromatic N) is 5. The van der Waals surface area contributed by atoms with E-state index in [-0.39, 0.29) is 41.0 Å². The number of nitrogens with one attached hydrogen (secondary N) is 1. The summed E-state index contributed by atoms with van der Waals surface area (Å²) in [6, 6.07) is 11.8. The Morgan fingerprint density at radius 1 is 1.13 bits per heavy atom. The Balaban J connectivity index is 1.42. The van der Waals surface area contributed by atoms with Crippen molar-refractivity contribution in [3.8, 4) is 17.5 Å². The average Bonchev–Trinajstić information content (AvgIpc) is 3.37. The zero-order valence-electron chi connectivity index (χ0n) is 16.6. The molecule has 1 aromatic carbocycles. The number of hydrogen-bond acceptors (Lipinski definition) is 6. The Hall–Kier alpha value is -3.86. The van der Waals surface area contributed by atoms with E-state index >= 15 is 0 Å². The van der Waals surface area contributed by atoms with Crippen molar-refractivity contribution in [2.45, 2.75) is 37.4 Å². The highest BCUT2D eigenvalue weighted by Crippen LogP contribution is 2.41. The van der Waals surface area contributed by atoms with Crippen LogP contribution >= 0.6 is 0 Å². The molecule has 31 heavy (non-hydrogen) atoms. The molecule has 1 N–H and O–H groups in total. The zero-order chi connectivity index (χ0) is 21.4. The van der Waals surface area contributed by atoms with Crippen LogP contribution in [0.25, 0.3) is 11.4 Å². The fraction of sp³-hybridized carbons (Fsp3) is 0.261. The van der Waals surface area contributed by atoms with Gasteiger partial charge in [0, 0.05) is 30.7 Å². The molecule has 154 valence electrons. The molecule has 2 fully saturated rings. The van der Waals surface area contributed by atoms with Gasteiger partial charge in [0.2, 0.25) is 0 Å². The molecule has 0 spiro atoms. The number of benzene rings is 1. The second kappa shape index (κ2) is 7.76. The Morgan fingerprint density at radius 2 is 1.97 bits per heavy atom. The van der Waals surface area contributed by atoms with E-state index < -0.39 is 5.82 Å². The summed E-state index contributed by atoms with van der Waals surface area (Å²) in [5.74, 6) is 0.159. The number of fused-ring (bicyclic) bond motifs is 2. The fourth-order valence-electron chi connectivity index (χ4n) is 4.69. The van der Waals surface area contributed by atoms with Gasteiger partial charge in [-0.25, -0.2) is 19.3 Å². The number of amides is 1. The fourth-order valence-corrected chi connectivity index (χ4v) is 4.69. The third kappa shape index (κ3) is 3.38. The van der Waals surface area contributed by atoms with Crippen molar-refractivity contribution in [1.82, 2.24) is 19.9 Å². The Labute approximate surface area is 178 Å². The number of hydrogen-bond donors (Lipinski definition) is 1. The summed E-state index contributed by atoms with van der Waals surface area (Å²) in [5, 5.41) is 12.3. The molecule has 3 atom stereocenters. The van der Waals surface area contributed by atoms with Gasteiger partial charge in [-0.15, -0.1) is 0 Å². The summed E-state index contributed by atoms with van der Waals surface area (Å²) in [6.07, 6.45) is 7.18. The average molecular weight is 414 g/mol. The van der Waals surface area contributed by atoms with E-state index in [1.165, 1.54) is 24.7 Å². The van der Waals surface area contributed by atoms with Gasteiger partial charge in [-0.2, -0.15) is 5.26 Å². The molecule has 0 saturated carbocycles. The number of anilines is 1. The van der Waals surface area contributed by atoms with Crippen LogP contribution in [0.5, 0.6) is 0 Å². The lowest BCUT2D eigenvalue weighted by molar-refractivity contribution is 0.0728. The van der Waals surface area contributed by atoms with Gasteiger partial charge >= 0.3 is 0 Å². The predicted molar refractivity (Wildman–Crippen MR) is 111 cm³/mol. The molecule has 2 aromatic heterocycles. The lowest BCUT2D eigenvalue weighted by Crippen LogP contribution is -2.40. The molecule has 2 saturated heterocycles. The molecule has 2 aliphatic rings.